The summed E-state index contributed by atoms with van der Waals surface area (Å²) in [6.07, 6.45) is 13.1. The third-order valence-electron chi connectivity index (χ3n) is 18.9. The number of rotatable bonds is 95. The first-order valence-corrected chi connectivity index (χ1v) is 46.2. The zero-order valence-electron chi connectivity index (χ0n) is 76.5. The lowest BCUT2D eigenvalue weighted by molar-refractivity contribution is -0.438. The quantitative estimate of drug-likeness (QED) is 0.0139. The van der Waals surface area contributed by atoms with Crippen LogP contribution in [0.1, 0.15) is 103 Å². The van der Waals surface area contributed by atoms with E-state index in [1.807, 2.05) is 24.3 Å². The van der Waals surface area contributed by atoms with Crippen molar-refractivity contribution in [2.24, 2.45) is 0 Å². The number of anilines is 1. The largest absolute Gasteiger partial charge is 0.469 e. The van der Waals surface area contributed by atoms with Crippen molar-refractivity contribution in [1.29, 1.82) is 0 Å². The van der Waals surface area contributed by atoms with Crippen molar-refractivity contribution in [2.45, 2.75) is 108 Å². The number of methoxy groups -OCH3 is 2. The number of esters is 1. The standard InChI is InChI=1S/C88H151N3O34S2/c1-87(2,3)77-19-22-82-81(75-77)91(26-14-74-126-124-122-94)85(121-82)17-13-15-83-88(4,23-11-7-10-18-86(93)97-6)79-76-78(127-125-123-95)20-21-80(79)90(83)25-12-8-9-16-84(92)89-24-27-98-30-31-100-34-35-102-38-39-104-42-43-106-46-47-108-50-51-110-54-55-112-58-59-114-62-63-116-66-67-118-70-71-120-73-72-119-69-68-117-65-64-115-61-60-113-57-56-111-53-52-109-49-48-107-45-44-105-41-40-103-37-36-101-33-32-99-29-28-96-5/h13,15,17,19-22,75-76H,7-12,14,16,18,23-74H2,1-6H3,(H2-,89,92,94,95)/p+1. The molecule has 734 valence electrons. The van der Waals surface area contributed by atoms with Crippen LogP contribution in [-0.4, -0.2) is 383 Å². The molecular weight excluding hydrogens is 1710 g/mol. The first-order chi connectivity index (χ1) is 62.5. The highest BCUT2D eigenvalue weighted by atomic mass is 32.2. The number of amides is 1. The van der Waals surface area contributed by atoms with Crippen LogP contribution in [-0.2, 0) is 158 Å². The minimum Gasteiger partial charge on any atom is -0.469 e. The van der Waals surface area contributed by atoms with Crippen LogP contribution in [0.4, 0.5) is 11.4 Å². The number of unbranched alkanes of at least 4 members (excludes halogenated alkanes) is 4. The SMILES string of the molecule is COCCOCCOCCOCCOCCOCCOCCOCCOCCOCCOCCOCCOCCOCCOCCOCCOCCOCCOCCOCCOCCOCCOCCOCCNC(=O)CCCCC[N+]1=C(C=CC=C2Oc3ccc(C(C)(C)C)cc3N2CCCSOOO)C(C)(CCCCCC(=O)OC)c2cc(SOOO)ccc21. The highest BCUT2D eigenvalue weighted by Crippen LogP contribution is 2.46. The van der Waals surface area contributed by atoms with E-state index in [1.165, 1.54) is 12.7 Å². The summed E-state index contributed by atoms with van der Waals surface area (Å²) in [5.41, 5.74) is 4.80. The molecule has 0 saturated heterocycles. The van der Waals surface area contributed by atoms with E-state index in [0.717, 1.165) is 89.5 Å². The first kappa shape index (κ1) is 115. The van der Waals surface area contributed by atoms with Gasteiger partial charge in [-0.25, -0.2) is 10.5 Å². The predicted octanol–water partition coefficient (Wildman–Crippen LogP) is 9.35. The van der Waals surface area contributed by atoms with Crippen LogP contribution in [0.5, 0.6) is 5.75 Å². The van der Waals surface area contributed by atoms with Crippen LogP contribution in [0.2, 0.25) is 0 Å². The van der Waals surface area contributed by atoms with Gasteiger partial charge >= 0.3 is 5.97 Å². The summed E-state index contributed by atoms with van der Waals surface area (Å²) in [6.45, 7) is 32.8. The molecule has 0 spiro atoms. The Bertz CT molecular complexity index is 3030. The number of hydrogen-bond donors (Lipinski definition) is 3. The molecule has 2 aromatic carbocycles. The van der Waals surface area contributed by atoms with Crippen LogP contribution < -0.4 is 15.0 Å². The topological polar surface area (TPSA) is 370 Å². The minimum atomic E-state index is -0.480. The van der Waals surface area contributed by atoms with Gasteiger partial charge in [-0.2, -0.15) is 4.58 Å². The van der Waals surface area contributed by atoms with Crippen molar-refractivity contribution in [3.63, 3.8) is 0 Å². The molecule has 127 heavy (non-hydrogen) atoms. The molecule has 39 heteroatoms. The third kappa shape index (κ3) is 60.5. The number of carbonyl (C=O) groups excluding carboxylic acids is 2. The Hall–Kier alpha value is -4.37. The van der Waals surface area contributed by atoms with Gasteiger partial charge in [-0.15, -0.1) is 8.67 Å². The Labute approximate surface area is 761 Å². The molecular formula is C88H152N3O34S2+. The third-order valence-corrected chi connectivity index (χ3v) is 20.1. The fourth-order valence-electron chi connectivity index (χ4n) is 12.3. The Morgan fingerprint density at radius 3 is 1.20 bits per heavy atom. The number of hydrogen-bond acceptors (Lipinski definition) is 37. The summed E-state index contributed by atoms with van der Waals surface area (Å²) < 4.78 is 156. The Balaban J connectivity index is 0.852. The van der Waals surface area contributed by atoms with Gasteiger partial charge in [-0.05, 0) is 80.3 Å². The molecule has 0 fully saturated rings. The maximum absolute atomic E-state index is 12.9. The number of nitrogens with one attached hydrogen (secondary N) is 1. The zero-order valence-corrected chi connectivity index (χ0v) is 78.1. The Kier molecular flexibility index (Phi) is 74.5. The molecule has 1 unspecified atom stereocenters. The van der Waals surface area contributed by atoms with Gasteiger partial charge in [0, 0.05) is 79.9 Å². The van der Waals surface area contributed by atoms with Crippen LogP contribution in [0, 0.1) is 0 Å². The number of fused-ring (bicyclic) bond motifs is 2. The summed E-state index contributed by atoms with van der Waals surface area (Å²) in [5, 5.41) is 28.5. The molecule has 1 atom stereocenters. The number of nitrogens with zero attached hydrogens (tertiary/aromatic N) is 2. The van der Waals surface area contributed by atoms with E-state index in [0.29, 0.717) is 374 Å². The fraction of sp³-hybridized carbons (Fsp3) is 0.784. The highest BCUT2D eigenvalue weighted by molar-refractivity contribution is 7.94. The molecule has 2 aliphatic heterocycles. The van der Waals surface area contributed by atoms with Gasteiger partial charge < -0.3 is 133 Å². The Morgan fingerprint density at radius 1 is 0.449 bits per heavy atom. The average molecular weight is 1860 g/mol. The van der Waals surface area contributed by atoms with Gasteiger partial charge in [0.2, 0.25) is 17.5 Å². The fourth-order valence-corrected chi connectivity index (χ4v) is 13.1. The maximum atomic E-state index is 12.9. The predicted molar refractivity (Wildman–Crippen MR) is 474 cm³/mol. The summed E-state index contributed by atoms with van der Waals surface area (Å²) in [5.74, 6) is 1.74. The van der Waals surface area contributed by atoms with Gasteiger partial charge in [0.05, 0.1) is 341 Å². The number of ether oxygens (including phenoxy) is 26. The van der Waals surface area contributed by atoms with E-state index in [9.17, 15) is 9.59 Å². The molecule has 2 aliphatic rings. The van der Waals surface area contributed by atoms with E-state index in [2.05, 4.69) is 87.2 Å². The second-order valence-electron chi connectivity index (χ2n) is 29.5. The van der Waals surface area contributed by atoms with Crippen LogP contribution in [0.15, 0.2) is 65.4 Å². The van der Waals surface area contributed by atoms with E-state index in [1.54, 1.807) is 7.11 Å². The molecule has 37 nitrogen and oxygen atoms in total. The summed E-state index contributed by atoms with van der Waals surface area (Å²) >= 11 is 1.93. The smallest absolute Gasteiger partial charge is 0.305 e. The average Bonchev–Trinajstić information content (AvgIpc) is 1.45. The van der Waals surface area contributed by atoms with Crippen LogP contribution >= 0.6 is 24.1 Å². The molecule has 1 amide bonds. The van der Waals surface area contributed by atoms with Gasteiger partial charge in [-0.1, -0.05) is 55.8 Å². The Morgan fingerprint density at radius 2 is 0.827 bits per heavy atom. The molecule has 0 aromatic heterocycles. The van der Waals surface area contributed by atoms with Gasteiger partial charge in [0.15, 0.2) is 11.5 Å². The zero-order chi connectivity index (χ0) is 90.8. The van der Waals surface area contributed by atoms with Crippen molar-refractivity contribution in [1.82, 2.24) is 5.32 Å². The molecule has 0 radical (unpaired) electrons. The first-order valence-electron chi connectivity index (χ1n) is 44.6. The highest BCUT2D eigenvalue weighted by Gasteiger charge is 2.47. The normalized spacial score (nSPS) is 14.3. The van der Waals surface area contributed by atoms with E-state index in [4.69, 9.17) is 138 Å². The number of carbonyl (C=O) groups is 2. The maximum Gasteiger partial charge on any atom is 0.305 e. The number of allylic oxidation sites excluding steroid dienone is 3. The van der Waals surface area contributed by atoms with Crippen molar-refractivity contribution < 1.29 is 167 Å². The molecule has 2 heterocycles. The molecule has 0 saturated carbocycles. The van der Waals surface area contributed by atoms with Crippen molar-refractivity contribution in [3.05, 3.63) is 71.6 Å². The summed E-state index contributed by atoms with van der Waals surface area (Å²) in [7, 11) is 3.05. The monoisotopic (exact) mass is 1860 g/mol. The molecule has 3 N–H and O–H groups in total. The molecule has 0 aliphatic carbocycles. The van der Waals surface area contributed by atoms with Crippen molar-refractivity contribution >= 4 is 53.0 Å². The summed E-state index contributed by atoms with van der Waals surface area (Å²) in [4.78, 5) is 27.9. The lowest BCUT2D eigenvalue weighted by Crippen LogP contribution is -2.31. The summed E-state index contributed by atoms with van der Waals surface area (Å²) in [6, 6.07) is 12.4. The van der Waals surface area contributed by atoms with Crippen LogP contribution in [0.3, 0.4) is 0 Å². The molecule has 2 aromatic rings. The van der Waals surface area contributed by atoms with E-state index >= 15 is 0 Å². The molecule has 0 bridgehead atoms. The van der Waals surface area contributed by atoms with Gasteiger partial charge in [0.1, 0.15) is 6.54 Å². The van der Waals surface area contributed by atoms with E-state index in [-0.39, 0.29) is 17.3 Å². The molecule has 4 rings (SSSR count). The minimum absolute atomic E-state index is 0.0299. The van der Waals surface area contributed by atoms with Crippen LogP contribution in [0.25, 0.3) is 0 Å². The second kappa shape index (κ2) is 82.3. The van der Waals surface area contributed by atoms with Crippen molar-refractivity contribution in [2.75, 3.05) is 355 Å². The lowest BCUT2D eigenvalue weighted by atomic mass is 9.75. The lowest BCUT2D eigenvalue weighted by Gasteiger charge is -2.23. The van der Waals surface area contributed by atoms with E-state index < -0.39 is 5.41 Å². The second-order valence-corrected chi connectivity index (χ2v) is 31.1. The number of benzene rings is 2. The van der Waals surface area contributed by atoms with Crippen molar-refractivity contribution in [3.8, 4) is 5.75 Å². The van der Waals surface area contributed by atoms with Gasteiger partial charge in [0.25, 0.3) is 0 Å². The van der Waals surface area contributed by atoms with Gasteiger partial charge in [-0.3, -0.25) is 9.59 Å².